The predicted octanol–water partition coefficient (Wildman–Crippen LogP) is 1.44. The molecule has 1 aromatic rings. The maximum absolute atomic E-state index is 10.4. The van der Waals surface area contributed by atoms with Crippen LogP contribution in [0.4, 0.5) is 5.95 Å². The summed E-state index contributed by atoms with van der Waals surface area (Å²) in [6, 6.07) is 0.260. The van der Waals surface area contributed by atoms with Gasteiger partial charge < -0.3 is 14.7 Å². The zero-order valence-electron chi connectivity index (χ0n) is 11.4. The van der Waals surface area contributed by atoms with Crippen LogP contribution < -0.4 is 4.90 Å². The Labute approximate surface area is 112 Å². The smallest absolute Gasteiger partial charge is 0.328 e. The van der Waals surface area contributed by atoms with Crippen LogP contribution in [0.1, 0.15) is 19.4 Å². The number of anilines is 1. The van der Waals surface area contributed by atoms with Crippen molar-refractivity contribution in [1.82, 2.24) is 9.97 Å². The lowest BCUT2D eigenvalue weighted by atomic mass is 10.3. The minimum atomic E-state index is -0.993. The third kappa shape index (κ3) is 5.05. The van der Waals surface area contributed by atoms with Gasteiger partial charge in [0.25, 0.3) is 0 Å². The van der Waals surface area contributed by atoms with Gasteiger partial charge in [0.05, 0.1) is 6.61 Å². The van der Waals surface area contributed by atoms with Gasteiger partial charge in [-0.2, -0.15) is 0 Å². The Morgan fingerprint density at radius 1 is 1.47 bits per heavy atom. The number of hydrogen-bond donors (Lipinski definition) is 1. The molecule has 1 N–H and O–H groups in total. The SMILES string of the molecule is COCCN(c1ncc(/C=C/C(=O)O)cn1)C(C)C. The molecule has 0 amide bonds. The average molecular weight is 265 g/mol. The van der Waals surface area contributed by atoms with Crippen molar-refractivity contribution in [2.24, 2.45) is 0 Å². The molecule has 1 heterocycles. The Bertz CT molecular complexity index is 429. The highest BCUT2D eigenvalue weighted by Crippen LogP contribution is 2.11. The van der Waals surface area contributed by atoms with E-state index in [1.165, 1.54) is 6.08 Å². The Balaban J connectivity index is 2.80. The van der Waals surface area contributed by atoms with Crippen molar-refractivity contribution < 1.29 is 14.6 Å². The predicted molar refractivity (Wildman–Crippen MR) is 73.1 cm³/mol. The molecule has 0 bridgehead atoms. The molecule has 0 fully saturated rings. The average Bonchev–Trinajstić information content (AvgIpc) is 2.37. The summed E-state index contributed by atoms with van der Waals surface area (Å²) in [6.07, 6.45) is 5.72. The summed E-state index contributed by atoms with van der Waals surface area (Å²) in [5, 5.41) is 8.54. The summed E-state index contributed by atoms with van der Waals surface area (Å²) in [7, 11) is 1.65. The molecule has 0 radical (unpaired) electrons. The normalized spacial score (nSPS) is 11.2. The van der Waals surface area contributed by atoms with Gasteiger partial charge in [-0.25, -0.2) is 14.8 Å². The van der Waals surface area contributed by atoms with E-state index >= 15 is 0 Å². The first-order valence-corrected chi connectivity index (χ1v) is 6.03. The molecule has 0 aromatic carbocycles. The maximum atomic E-state index is 10.4. The summed E-state index contributed by atoms with van der Waals surface area (Å²) in [5.41, 5.74) is 0.654. The highest BCUT2D eigenvalue weighted by Gasteiger charge is 2.12. The molecular weight excluding hydrogens is 246 g/mol. The van der Waals surface area contributed by atoms with Crippen LogP contribution in [0, 0.1) is 0 Å². The second kappa shape index (κ2) is 7.48. The van der Waals surface area contributed by atoms with E-state index in [0.29, 0.717) is 24.7 Å². The monoisotopic (exact) mass is 265 g/mol. The molecule has 0 saturated heterocycles. The summed E-state index contributed by atoms with van der Waals surface area (Å²) >= 11 is 0. The summed E-state index contributed by atoms with van der Waals surface area (Å²) < 4.78 is 5.06. The number of carboxylic acids is 1. The van der Waals surface area contributed by atoms with Crippen LogP contribution in [0.5, 0.6) is 0 Å². The Morgan fingerprint density at radius 3 is 2.58 bits per heavy atom. The van der Waals surface area contributed by atoms with Crippen molar-refractivity contribution in [3.05, 3.63) is 24.0 Å². The molecule has 104 valence electrons. The van der Waals surface area contributed by atoms with Gasteiger partial charge in [0.15, 0.2) is 0 Å². The lowest BCUT2D eigenvalue weighted by Crippen LogP contribution is -2.35. The lowest BCUT2D eigenvalue weighted by molar-refractivity contribution is -0.131. The van der Waals surface area contributed by atoms with Gasteiger partial charge in [0.1, 0.15) is 0 Å². The quantitative estimate of drug-likeness (QED) is 0.752. The van der Waals surface area contributed by atoms with Crippen LogP contribution in [0.3, 0.4) is 0 Å². The second-order valence-electron chi connectivity index (χ2n) is 4.27. The first-order valence-electron chi connectivity index (χ1n) is 6.03. The van der Waals surface area contributed by atoms with Gasteiger partial charge >= 0.3 is 5.97 Å². The van der Waals surface area contributed by atoms with E-state index < -0.39 is 5.97 Å². The fraction of sp³-hybridized carbons (Fsp3) is 0.462. The minimum absolute atomic E-state index is 0.260. The van der Waals surface area contributed by atoms with Crippen molar-refractivity contribution in [1.29, 1.82) is 0 Å². The largest absolute Gasteiger partial charge is 0.478 e. The molecule has 0 aliphatic rings. The number of hydrogen-bond acceptors (Lipinski definition) is 5. The Kier molecular flexibility index (Phi) is 5.95. The topological polar surface area (TPSA) is 75.5 Å². The maximum Gasteiger partial charge on any atom is 0.328 e. The lowest BCUT2D eigenvalue weighted by Gasteiger charge is -2.26. The number of carboxylic acid groups (broad SMARTS) is 1. The molecule has 1 aromatic heterocycles. The van der Waals surface area contributed by atoms with E-state index in [1.54, 1.807) is 19.5 Å². The van der Waals surface area contributed by atoms with Crippen LogP contribution in [0.25, 0.3) is 6.08 Å². The van der Waals surface area contributed by atoms with Crippen LogP contribution >= 0.6 is 0 Å². The molecular formula is C13H19N3O3. The van der Waals surface area contributed by atoms with Gasteiger partial charge in [0.2, 0.25) is 5.95 Å². The number of ether oxygens (including phenoxy) is 1. The Morgan fingerprint density at radius 2 is 2.11 bits per heavy atom. The summed E-state index contributed by atoms with van der Waals surface area (Å²) in [6.45, 7) is 5.41. The number of rotatable bonds is 7. The third-order valence-electron chi connectivity index (χ3n) is 2.49. The molecule has 0 aliphatic carbocycles. The van der Waals surface area contributed by atoms with Crippen molar-refractivity contribution in [3.63, 3.8) is 0 Å². The van der Waals surface area contributed by atoms with Crippen LogP contribution in [-0.2, 0) is 9.53 Å². The van der Waals surface area contributed by atoms with Crippen LogP contribution in [0.15, 0.2) is 18.5 Å². The van der Waals surface area contributed by atoms with E-state index in [-0.39, 0.29) is 6.04 Å². The zero-order valence-corrected chi connectivity index (χ0v) is 11.4. The molecule has 6 nitrogen and oxygen atoms in total. The number of aliphatic carboxylic acids is 1. The van der Waals surface area contributed by atoms with Crippen LogP contribution in [-0.4, -0.2) is 47.3 Å². The molecule has 0 aliphatic heterocycles. The minimum Gasteiger partial charge on any atom is -0.478 e. The highest BCUT2D eigenvalue weighted by atomic mass is 16.5. The first kappa shape index (κ1) is 15.1. The second-order valence-corrected chi connectivity index (χ2v) is 4.27. The number of carbonyl (C=O) groups is 1. The molecule has 0 spiro atoms. The van der Waals surface area contributed by atoms with E-state index in [9.17, 15) is 4.79 Å². The van der Waals surface area contributed by atoms with Gasteiger partial charge in [-0.3, -0.25) is 0 Å². The van der Waals surface area contributed by atoms with Crippen molar-refractivity contribution >= 4 is 18.0 Å². The van der Waals surface area contributed by atoms with E-state index in [4.69, 9.17) is 9.84 Å². The van der Waals surface area contributed by atoms with Gasteiger partial charge in [-0.15, -0.1) is 0 Å². The number of aromatic nitrogens is 2. The summed E-state index contributed by atoms with van der Waals surface area (Å²) in [4.78, 5) is 20.9. The summed E-state index contributed by atoms with van der Waals surface area (Å²) in [5.74, 6) is -0.382. The van der Waals surface area contributed by atoms with Crippen molar-refractivity contribution in [2.45, 2.75) is 19.9 Å². The van der Waals surface area contributed by atoms with Crippen molar-refractivity contribution in [2.75, 3.05) is 25.2 Å². The fourth-order valence-corrected chi connectivity index (χ4v) is 1.51. The highest BCUT2D eigenvalue weighted by molar-refractivity contribution is 5.85. The van der Waals surface area contributed by atoms with E-state index in [0.717, 1.165) is 6.08 Å². The standard InChI is InChI=1S/C13H19N3O3/c1-10(2)16(6-7-19-3)13-14-8-11(9-15-13)4-5-12(17)18/h4-5,8-10H,6-7H2,1-3H3,(H,17,18)/b5-4+. The first-order chi connectivity index (χ1) is 9.04. The van der Waals surface area contributed by atoms with Crippen molar-refractivity contribution in [3.8, 4) is 0 Å². The zero-order chi connectivity index (χ0) is 14.3. The van der Waals surface area contributed by atoms with Crippen LogP contribution in [0.2, 0.25) is 0 Å². The third-order valence-corrected chi connectivity index (χ3v) is 2.49. The van der Waals surface area contributed by atoms with Gasteiger partial charge in [-0.1, -0.05) is 0 Å². The molecule has 0 atom stereocenters. The van der Waals surface area contributed by atoms with Gasteiger partial charge in [-0.05, 0) is 19.9 Å². The molecule has 0 unspecified atom stereocenters. The molecule has 19 heavy (non-hydrogen) atoms. The molecule has 0 saturated carbocycles. The van der Waals surface area contributed by atoms with Gasteiger partial charge in [0, 0.05) is 43.7 Å². The number of nitrogens with zero attached hydrogens (tertiary/aromatic N) is 3. The van der Waals surface area contributed by atoms with E-state index in [1.807, 2.05) is 4.90 Å². The Hall–Kier alpha value is -1.95. The fourth-order valence-electron chi connectivity index (χ4n) is 1.51. The van der Waals surface area contributed by atoms with E-state index in [2.05, 4.69) is 23.8 Å². The molecule has 1 rings (SSSR count). The number of methoxy groups -OCH3 is 1. The molecule has 6 heteroatoms.